The molecule has 0 aliphatic carbocycles. The number of likely N-dealkylation sites (N-methyl/N-ethyl adjacent to an activating group) is 1. The van der Waals surface area contributed by atoms with E-state index in [-0.39, 0.29) is 6.10 Å². The van der Waals surface area contributed by atoms with Crippen LogP contribution in [0.25, 0.3) is 11.5 Å². The van der Waals surface area contributed by atoms with Gasteiger partial charge in [-0.25, -0.2) is 0 Å². The third-order valence-electron chi connectivity index (χ3n) is 3.56. The number of nitrogens with zero attached hydrogens (tertiary/aromatic N) is 3. The lowest BCUT2D eigenvalue weighted by Crippen LogP contribution is -2.44. The van der Waals surface area contributed by atoms with Gasteiger partial charge in [0.1, 0.15) is 0 Å². The predicted molar refractivity (Wildman–Crippen MR) is 83.7 cm³/mol. The van der Waals surface area contributed by atoms with Gasteiger partial charge in [-0.2, -0.15) is 0 Å². The molecule has 1 unspecified atom stereocenters. The number of hydrogen-bond acceptors (Lipinski definition) is 6. The van der Waals surface area contributed by atoms with Crippen molar-refractivity contribution < 1.29 is 9.15 Å². The van der Waals surface area contributed by atoms with E-state index < -0.39 is 0 Å². The van der Waals surface area contributed by atoms with E-state index in [1.165, 1.54) is 0 Å². The normalized spacial score (nSPS) is 19.5. The Bertz CT molecular complexity index is 619. The Morgan fingerprint density at radius 1 is 1.36 bits per heavy atom. The average molecular weight is 323 g/mol. The van der Waals surface area contributed by atoms with E-state index in [4.69, 9.17) is 20.8 Å². The molecule has 3 rings (SSSR count). The first-order valence-corrected chi connectivity index (χ1v) is 7.68. The molecule has 1 aromatic carbocycles. The summed E-state index contributed by atoms with van der Waals surface area (Å²) in [6, 6.07) is 7.42. The van der Waals surface area contributed by atoms with Gasteiger partial charge in [0, 0.05) is 19.6 Å². The highest BCUT2D eigenvalue weighted by atomic mass is 35.5. The Kier molecular flexibility index (Phi) is 5.04. The van der Waals surface area contributed by atoms with Crippen LogP contribution in [-0.4, -0.2) is 54.5 Å². The number of aromatic nitrogens is 2. The van der Waals surface area contributed by atoms with Gasteiger partial charge < -0.3 is 19.4 Å². The Labute approximate surface area is 134 Å². The molecule has 1 aromatic heterocycles. The summed E-state index contributed by atoms with van der Waals surface area (Å²) in [7, 11) is 2.10. The van der Waals surface area contributed by atoms with Crippen molar-refractivity contribution in [2.24, 2.45) is 0 Å². The second-order valence-electron chi connectivity index (χ2n) is 5.37. The van der Waals surface area contributed by atoms with Crippen molar-refractivity contribution in [3.63, 3.8) is 0 Å². The number of hydrogen-bond donors (Lipinski definition) is 1. The highest BCUT2D eigenvalue weighted by molar-refractivity contribution is 6.33. The molecule has 2 aromatic rings. The van der Waals surface area contributed by atoms with Crippen LogP contribution in [0, 0.1) is 0 Å². The summed E-state index contributed by atoms with van der Waals surface area (Å²) < 4.78 is 11.3. The summed E-state index contributed by atoms with van der Waals surface area (Å²) in [4.78, 5) is 2.26. The SMILES string of the molecule is CN1CCOC(CNCc2nnc(-c3ccccc3Cl)o2)C1. The highest BCUT2D eigenvalue weighted by Gasteiger charge is 2.17. The minimum absolute atomic E-state index is 0.199. The fourth-order valence-electron chi connectivity index (χ4n) is 2.40. The minimum atomic E-state index is 0.199. The van der Waals surface area contributed by atoms with Crippen molar-refractivity contribution in [3.8, 4) is 11.5 Å². The smallest absolute Gasteiger partial charge is 0.249 e. The first-order valence-electron chi connectivity index (χ1n) is 7.30. The molecule has 1 atom stereocenters. The molecule has 118 valence electrons. The van der Waals surface area contributed by atoms with Crippen molar-refractivity contribution >= 4 is 11.6 Å². The molecule has 0 radical (unpaired) electrons. The van der Waals surface area contributed by atoms with Gasteiger partial charge in [0.2, 0.25) is 11.8 Å². The van der Waals surface area contributed by atoms with Gasteiger partial charge in [-0.05, 0) is 19.2 Å². The summed E-state index contributed by atoms with van der Waals surface area (Å²) >= 11 is 6.12. The van der Waals surface area contributed by atoms with Gasteiger partial charge in [0.15, 0.2) is 0 Å². The molecule has 0 amide bonds. The van der Waals surface area contributed by atoms with Crippen molar-refractivity contribution in [1.29, 1.82) is 0 Å². The van der Waals surface area contributed by atoms with Gasteiger partial charge in [0.25, 0.3) is 0 Å². The molecule has 1 aliphatic rings. The van der Waals surface area contributed by atoms with Crippen molar-refractivity contribution in [2.45, 2.75) is 12.6 Å². The van der Waals surface area contributed by atoms with Crippen LogP contribution in [0.3, 0.4) is 0 Å². The first kappa shape index (κ1) is 15.4. The second-order valence-corrected chi connectivity index (χ2v) is 5.77. The average Bonchev–Trinajstić information content (AvgIpc) is 2.96. The van der Waals surface area contributed by atoms with E-state index in [1.54, 1.807) is 6.07 Å². The van der Waals surface area contributed by atoms with Crippen LogP contribution in [0.1, 0.15) is 5.89 Å². The Morgan fingerprint density at radius 2 is 2.23 bits per heavy atom. The number of morpholine rings is 1. The standard InChI is InChI=1S/C15H19ClN4O2/c1-20-6-7-21-11(10-20)8-17-9-14-18-19-15(22-14)12-4-2-3-5-13(12)16/h2-5,11,17H,6-10H2,1H3. The van der Waals surface area contributed by atoms with Crippen LogP contribution in [0.4, 0.5) is 0 Å². The summed E-state index contributed by atoms with van der Waals surface area (Å²) in [5, 5.41) is 12.0. The Morgan fingerprint density at radius 3 is 3.05 bits per heavy atom. The fourth-order valence-corrected chi connectivity index (χ4v) is 2.62. The molecule has 1 aliphatic heterocycles. The molecule has 6 nitrogen and oxygen atoms in total. The molecule has 22 heavy (non-hydrogen) atoms. The van der Waals surface area contributed by atoms with Gasteiger partial charge in [-0.15, -0.1) is 10.2 Å². The third-order valence-corrected chi connectivity index (χ3v) is 3.89. The summed E-state index contributed by atoms with van der Waals surface area (Å²) in [6.07, 6.45) is 0.199. The quantitative estimate of drug-likeness (QED) is 0.906. The topological polar surface area (TPSA) is 63.4 Å². The zero-order valence-electron chi connectivity index (χ0n) is 12.5. The lowest BCUT2D eigenvalue weighted by Gasteiger charge is -2.30. The maximum Gasteiger partial charge on any atom is 0.249 e. The molecule has 0 saturated carbocycles. The lowest BCUT2D eigenvalue weighted by molar-refractivity contribution is -0.0184. The van der Waals surface area contributed by atoms with Crippen LogP contribution in [0.2, 0.25) is 5.02 Å². The minimum Gasteiger partial charge on any atom is -0.419 e. The van der Waals surface area contributed by atoms with Gasteiger partial charge >= 0.3 is 0 Å². The zero-order valence-corrected chi connectivity index (χ0v) is 13.2. The van der Waals surface area contributed by atoms with E-state index in [1.807, 2.05) is 18.2 Å². The summed E-state index contributed by atoms with van der Waals surface area (Å²) in [5.41, 5.74) is 0.750. The zero-order chi connectivity index (χ0) is 15.4. The van der Waals surface area contributed by atoms with Crippen LogP contribution in [-0.2, 0) is 11.3 Å². The first-order chi connectivity index (χ1) is 10.7. The molecular weight excluding hydrogens is 304 g/mol. The fraction of sp³-hybridized carbons (Fsp3) is 0.467. The monoisotopic (exact) mass is 322 g/mol. The molecule has 0 bridgehead atoms. The maximum absolute atomic E-state index is 6.12. The van der Waals surface area contributed by atoms with E-state index >= 15 is 0 Å². The number of benzene rings is 1. The second kappa shape index (κ2) is 7.19. The third kappa shape index (κ3) is 3.84. The molecule has 1 N–H and O–H groups in total. The van der Waals surface area contributed by atoms with Crippen LogP contribution < -0.4 is 5.32 Å². The molecule has 2 heterocycles. The number of halogens is 1. The van der Waals surface area contributed by atoms with Crippen molar-refractivity contribution in [1.82, 2.24) is 20.4 Å². The molecular formula is C15H19ClN4O2. The number of ether oxygens (including phenoxy) is 1. The lowest BCUT2D eigenvalue weighted by atomic mass is 10.2. The molecule has 1 fully saturated rings. The van der Waals surface area contributed by atoms with Crippen LogP contribution in [0.15, 0.2) is 28.7 Å². The number of rotatable bonds is 5. The van der Waals surface area contributed by atoms with Crippen LogP contribution >= 0.6 is 11.6 Å². The van der Waals surface area contributed by atoms with Gasteiger partial charge in [0.05, 0.1) is 29.8 Å². The molecule has 1 saturated heterocycles. The van der Waals surface area contributed by atoms with Crippen molar-refractivity contribution in [3.05, 3.63) is 35.2 Å². The summed E-state index contributed by atoms with van der Waals surface area (Å²) in [6.45, 7) is 3.97. The maximum atomic E-state index is 6.12. The van der Waals surface area contributed by atoms with E-state index in [2.05, 4.69) is 27.5 Å². The largest absolute Gasteiger partial charge is 0.419 e. The Balaban J connectivity index is 1.53. The summed E-state index contributed by atoms with van der Waals surface area (Å²) in [5.74, 6) is 0.982. The van der Waals surface area contributed by atoms with Gasteiger partial charge in [-0.3, -0.25) is 0 Å². The van der Waals surface area contributed by atoms with E-state index in [0.29, 0.717) is 23.3 Å². The highest BCUT2D eigenvalue weighted by Crippen LogP contribution is 2.26. The molecule has 0 spiro atoms. The van der Waals surface area contributed by atoms with E-state index in [0.717, 1.165) is 31.8 Å². The van der Waals surface area contributed by atoms with Crippen molar-refractivity contribution in [2.75, 3.05) is 33.3 Å². The predicted octanol–water partition coefficient (Wildman–Crippen LogP) is 1.81. The van der Waals surface area contributed by atoms with E-state index in [9.17, 15) is 0 Å². The van der Waals surface area contributed by atoms with Gasteiger partial charge in [-0.1, -0.05) is 23.7 Å². The Hall–Kier alpha value is -1.47. The van der Waals surface area contributed by atoms with Crippen LogP contribution in [0.5, 0.6) is 0 Å². The molecule has 7 heteroatoms. The number of nitrogens with one attached hydrogen (secondary N) is 1.